The van der Waals surface area contributed by atoms with Gasteiger partial charge < -0.3 is 19.4 Å². The first-order valence-corrected chi connectivity index (χ1v) is 7.58. The predicted molar refractivity (Wildman–Crippen MR) is 86.6 cm³/mol. The van der Waals surface area contributed by atoms with Gasteiger partial charge in [0.2, 0.25) is 0 Å². The molecule has 0 atom stereocenters. The molecule has 0 aliphatic rings. The highest BCUT2D eigenvalue weighted by atomic mass is 16.5. The molecule has 0 saturated carbocycles. The van der Waals surface area contributed by atoms with Crippen LogP contribution in [0.5, 0.6) is 0 Å². The van der Waals surface area contributed by atoms with Gasteiger partial charge in [0.1, 0.15) is 0 Å². The molecular weight excluding hydrogens is 264 g/mol. The van der Waals surface area contributed by atoms with Gasteiger partial charge in [-0.05, 0) is 23.1 Å². The minimum absolute atomic E-state index is 0.502. The average Bonchev–Trinajstić information content (AvgIpc) is 2.87. The first-order chi connectivity index (χ1) is 10.2. The lowest BCUT2D eigenvalue weighted by Crippen LogP contribution is -2.21. The zero-order chi connectivity index (χ0) is 15.1. The van der Waals surface area contributed by atoms with Crippen molar-refractivity contribution >= 4 is 10.9 Å². The Hall–Kier alpha value is -1.36. The van der Waals surface area contributed by atoms with E-state index in [1.807, 2.05) is 0 Å². The Morgan fingerprint density at radius 1 is 1.14 bits per heavy atom. The highest BCUT2D eigenvalue weighted by molar-refractivity contribution is 5.80. The number of nitrogens with one attached hydrogen (secondary N) is 1. The maximum Gasteiger partial charge on any atom is 0.0701 e. The lowest BCUT2D eigenvalue weighted by Gasteiger charge is -2.10. The normalized spacial score (nSPS) is 11.6. The molecule has 0 radical (unpaired) electrons. The molecule has 4 nitrogen and oxygen atoms in total. The average molecular weight is 290 g/mol. The molecule has 0 bridgehead atoms. The van der Waals surface area contributed by atoms with Gasteiger partial charge >= 0.3 is 0 Å². The van der Waals surface area contributed by atoms with Gasteiger partial charge in [-0.15, -0.1) is 0 Å². The summed E-state index contributed by atoms with van der Waals surface area (Å²) in [6.07, 6.45) is 2.13. The molecule has 1 heterocycles. The minimum atomic E-state index is 0.502. The highest BCUT2D eigenvalue weighted by Crippen LogP contribution is 2.18. The molecule has 1 aromatic carbocycles. The van der Waals surface area contributed by atoms with Gasteiger partial charge in [0.15, 0.2) is 0 Å². The van der Waals surface area contributed by atoms with E-state index in [0.717, 1.165) is 13.1 Å². The summed E-state index contributed by atoms with van der Waals surface area (Å²) in [6.45, 7) is 8.12. The number of hydrogen-bond acceptors (Lipinski definition) is 3. The van der Waals surface area contributed by atoms with Crippen molar-refractivity contribution in [2.45, 2.75) is 33.0 Å². The Morgan fingerprint density at radius 2 is 2.00 bits per heavy atom. The summed E-state index contributed by atoms with van der Waals surface area (Å²) in [6, 6.07) is 9.30. The van der Waals surface area contributed by atoms with E-state index in [9.17, 15) is 0 Å². The summed E-state index contributed by atoms with van der Waals surface area (Å²) >= 11 is 0. The van der Waals surface area contributed by atoms with Gasteiger partial charge in [-0.2, -0.15) is 0 Å². The molecule has 1 N–H and O–H groups in total. The molecule has 0 amide bonds. The number of hydrogen-bond donors (Lipinski definition) is 1. The topological polar surface area (TPSA) is 35.4 Å². The van der Waals surface area contributed by atoms with Gasteiger partial charge in [-0.3, -0.25) is 0 Å². The van der Waals surface area contributed by atoms with Crippen LogP contribution in [-0.2, 0) is 22.6 Å². The second-order valence-corrected chi connectivity index (χ2v) is 5.54. The Morgan fingerprint density at radius 3 is 2.76 bits per heavy atom. The Labute approximate surface area is 127 Å². The number of nitrogens with zero attached hydrogens (tertiary/aromatic N) is 1. The van der Waals surface area contributed by atoms with Crippen LogP contribution in [0.15, 0.2) is 30.5 Å². The second-order valence-electron chi connectivity index (χ2n) is 5.54. The molecule has 21 heavy (non-hydrogen) atoms. The molecule has 0 saturated heterocycles. The van der Waals surface area contributed by atoms with Crippen molar-refractivity contribution in [3.8, 4) is 0 Å². The smallest absolute Gasteiger partial charge is 0.0701 e. The van der Waals surface area contributed by atoms with E-state index < -0.39 is 0 Å². The van der Waals surface area contributed by atoms with Gasteiger partial charge in [0.05, 0.1) is 19.8 Å². The lowest BCUT2D eigenvalue weighted by atomic mass is 10.1. The fourth-order valence-corrected chi connectivity index (χ4v) is 2.26. The van der Waals surface area contributed by atoms with Crippen LogP contribution in [0, 0.1) is 0 Å². The SMILES string of the molecule is COCCOCCn1ccc2ccc(CNC(C)C)cc21. The fourth-order valence-electron chi connectivity index (χ4n) is 2.26. The first-order valence-electron chi connectivity index (χ1n) is 7.58. The van der Waals surface area contributed by atoms with Crippen LogP contribution in [0.1, 0.15) is 19.4 Å². The van der Waals surface area contributed by atoms with E-state index >= 15 is 0 Å². The zero-order valence-electron chi connectivity index (χ0n) is 13.3. The maximum absolute atomic E-state index is 5.55. The fraction of sp³-hybridized carbons (Fsp3) is 0.529. The predicted octanol–water partition coefficient (Wildman–Crippen LogP) is 2.80. The third kappa shape index (κ3) is 4.84. The van der Waals surface area contributed by atoms with Crippen molar-refractivity contribution in [3.05, 3.63) is 36.0 Å². The van der Waals surface area contributed by atoms with Crippen molar-refractivity contribution in [1.29, 1.82) is 0 Å². The number of benzene rings is 1. The molecule has 0 unspecified atom stereocenters. The van der Waals surface area contributed by atoms with E-state index in [0.29, 0.717) is 25.9 Å². The van der Waals surface area contributed by atoms with E-state index in [2.05, 4.69) is 54.2 Å². The summed E-state index contributed by atoms with van der Waals surface area (Å²) in [5.74, 6) is 0. The van der Waals surface area contributed by atoms with Gasteiger partial charge in [0.25, 0.3) is 0 Å². The van der Waals surface area contributed by atoms with Gasteiger partial charge in [-0.25, -0.2) is 0 Å². The molecule has 0 aliphatic carbocycles. The molecule has 4 heteroatoms. The molecule has 1 aromatic heterocycles. The van der Waals surface area contributed by atoms with Crippen LogP contribution in [0.4, 0.5) is 0 Å². The standard InChI is InChI=1S/C17H26N2O2/c1-14(2)18-13-15-4-5-16-6-7-19(17(16)12-15)8-9-21-11-10-20-3/h4-7,12,14,18H,8-11,13H2,1-3H3. The van der Waals surface area contributed by atoms with Gasteiger partial charge in [-0.1, -0.05) is 26.0 Å². The summed E-state index contributed by atoms with van der Waals surface area (Å²) in [5, 5.41) is 4.73. The Bertz CT molecular complexity index is 549. The second kappa shape index (κ2) is 8.17. The largest absolute Gasteiger partial charge is 0.382 e. The molecule has 0 fully saturated rings. The summed E-state index contributed by atoms with van der Waals surface area (Å²) in [7, 11) is 1.69. The summed E-state index contributed by atoms with van der Waals surface area (Å²) in [5.41, 5.74) is 2.59. The van der Waals surface area contributed by atoms with Crippen LogP contribution < -0.4 is 5.32 Å². The van der Waals surface area contributed by atoms with E-state index in [1.54, 1.807) is 7.11 Å². The third-order valence-corrected chi connectivity index (χ3v) is 3.46. The van der Waals surface area contributed by atoms with Crippen molar-refractivity contribution < 1.29 is 9.47 Å². The number of fused-ring (bicyclic) bond motifs is 1. The van der Waals surface area contributed by atoms with Crippen molar-refractivity contribution in [1.82, 2.24) is 9.88 Å². The van der Waals surface area contributed by atoms with Crippen molar-refractivity contribution in [2.24, 2.45) is 0 Å². The lowest BCUT2D eigenvalue weighted by molar-refractivity contribution is 0.0670. The van der Waals surface area contributed by atoms with Crippen molar-refractivity contribution in [2.75, 3.05) is 26.9 Å². The molecule has 2 rings (SSSR count). The minimum Gasteiger partial charge on any atom is -0.382 e. The van der Waals surface area contributed by atoms with Crippen LogP contribution in [-0.4, -0.2) is 37.5 Å². The number of rotatable bonds is 9. The number of methoxy groups -OCH3 is 1. The summed E-state index contributed by atoms with van der Waals surface area (Å²) in [4.78, 5) is 0. The van der Waals surface area contributed by atoms with Crippen LogP contribution >= 0.6 is 0 Å². The molecular formula is C17H26N2O2. The van der Waals surface area contributed by atoms with E-state index in [4.69, 9.17) is 9.47 Å². The summed E-state index contributed by atoms with van der Waals surface area (Å²) < 4.78 is 12.8. The Kier molecular flexibility index (Phi) is 6.23. The van der Waals surface area contributed by atoms with Crippen molar-refractivity contribution in [3.63, 3.8) is 0 Å². The van der Waals surface area contributed by atoms with E-state index in [1.165, 1.54) is 16.5 Å². The number of ether oxygens (including phenoxy) is 2. The molecule has 116 valence electrons. The molecule has 2 aromatic rings. The highest BCUT2D eigenvalue weighted by Gasteiger charge is 2.03. The molecule has 0 spiro atoms. The number of aromatic nitrogens is 1. The van der Waals surface area contributed by atoms with E-state index in [-0.39, 0.29) is 0 Å². The van der Waals surface area contributed by atoms with Crippen LogP contribution in [0.3, 0.4) is 0 Å². The zero-order valence-corrected chi connectivity index (χ0v) is 13.3. The van der Waals surface area contributed by atoms with Crippen LogP contribution in [0.2, 0.25) is 0 Å². The monoisotopic (exact) mass is 290 g/mol. The molecule has 0 aliphatic heterocycles. The maximum atomic E-state index is 5.55. The first kappa shape index (κ1) is 16.0. The van der Waals surface area contributed by atoms with Gasteiger partial charge in [0, 0.05) is 38.0 Å². The Balaban J connectivity index is 1.97. The third-order valence-electron chi connectivity index (χ3n) is 3.46. The van der Waals surface area contributed by atoms with Crippen LogP contribution in [0.25, 0.3) is 10.9 Å². The quantitative estimate of drug-likeness (QED) is 0.721.